The van der Waals surface area contributed by atoms with E-state index in [4.69, 9.17) is 4.74 Å². The lowest BCUT2D eigenvalue weighted by atomic mass is 9.81. The Morgan fingerprint density at radius 2 is 1.56 bits per heavy atom. The first-order valence-corrected chi connectivity index (χ1v) is 11.6. The van der Waals surface area contributed by atoms with Crippen molar-refractivity contribution in [1.29, 1.82) is 0 Å². The van der Waals surface area contributed by atoms with Gasteiger partial charge in [-0.2, -0.15) is 0 Å². The topological polar surface area (TPSA) is 122 Å². The lowest BCUT2D eigenvalue weighted by Gasteiger charge is -2.19. The molecule has 2 N–H and O–H groups in total. The highest BCUT2D eigenvalue weighted by Crippen LogP contribution is 2.40. The van der Waals surface area contributed by atoms with Crippen molar-refractivity contribution >= 4 is 51.2 Å². The number of hydrazine groups is 1. The fourth-order valence-electron chi connectivity index (χ4n) is 4.24. The number of carbonyl (C=O) groups is 5. The third kappa shape index (κ3) is 5.01. The predicted molar refractivity (Wildman–Crippen MR) is 124 cm³/mol. The molecule has 0 spiro atoms. The molecule has 2 fully saturated rings. The molecule has 1 aliphatic carbocycles. The van der Waals surface area contributed by atoms with E-state index < -0.39 is 24.4 Å². The molecule has 1 saturated carbocycles. The molecule has 2 atom stereocenters. The molecule has 0 bridgehead atoms. The number of imide groups is 1. The van der Waals surface area contributed by atoms with Gasteiger partial charge in [0.15, 0.2) is 6.61 Å². The Labute approximate surface area is 203 Å². The zero-order chi connectivity index (χ0) is 24.2. The molecule has 2 aromatic rings. The van der Waals surface area contributed by atoms with Gasteiger partial charge in [0.2, 0.25) is 11.8 Å². The van der Waals surface area contributed by atoms with Gasteiger partial charge in [0.25, 0.3) is 11.8 Å². The smallest absolute Gasteiger partial charge is 0.338 e. The highest BCUT2D eigenvalue weighted by atomic mass is 79.9. The number of benzene rings is 2. The SMILES string of the molecule is O=C(COC(=O)c1cccc(N2C(=O)[C@@H]3CCCC[C@H]3C2=O)c1)NNC(=O)c1ccc(Br)cc1. The van der Waals surface area contributed by atoms with Crippen LogP contribution in [0.3, 0.4) is 0 Å². The number of nitrogens with zero attached hydrogens (tertiary/aromatic N) is 1. The van der Waals surface area contributed by atoms with Gasteiger partial charge in [0.1, 0.15) is 0 Å². The summed E-state index contributed by atoms with van der Waals surface area (Å²) in [5.41, 5.74) is 5.15. The van der Waals surface area contributed by atoms with Gasteiger partial charge >= 0.3 is 5.97 Å². The van der Waals surface area contributed by atoms with Crippen molar-refractivity contribution in [3.05, 3.63) is 64.1 Å². The van der Waals surface area contributed by atoms with Gasteiger partial charge in [-0.3, -0.25) is 34.9 Å². The third-order valence-electron chi connectivity index (χ3n) is 5.94. The first kappa shape index (κ1) is 23.6. The summed E-state index contributed by atoms with van der Waals surface area (Å²) in [5.74, 6) is -3.12. The summed E-state index contributed by atoms with van der Waals surface area (Å²) >= 11 is 3.27. The molecule has 4 amide bonds. The fourth-order valence-corrected chi connectivity index (χ4v) is 4.50. The lowest BCUT2D eigenvalue weighted by molar-refractivity contribution is -0.125. The largest absolute Gasteiger partial charge is 0.452 e. The Bertz CT molecular complexity index is 1130. The zero-order valence-electron chi connectivity index (χ0n) is 18.1. The fraction of sp³-hybridized carbons (Fsp3) is 0.292. The van der Waals surface area contributed by atoms with Gasteiger partial charge in [-0.05, 0) is 55.3 Å². The van der Waals surface area contributed by atoms with E-state index in [9.17, 15) is 24.0 Å². The van der Waals surface area contributed by atoms with Crippen molar-refractivity contribution < 1.29 is 28.7 Å². The molecule has 1 aliphatic heterocycles. The Morgan fingerprint density at radius 1 is 0.912 bits per heavy atom. The van der Waals surface area contributed by atoms with Gasteiger partial charge < -0.3 is 4.74 Å². The molecular weight excluding hydrogens is 506 g/mol. The molecule has 176 valence electrons. The predicted octanol–water partition coefficient (Wildman–Crippen LogP) is 2.75. The second-order valence-corrected chi connectivity index (χ2v) is 9.06. The molecular formula is C24H22BrN3O6. The number of hydrogen-bond donors (Lipinski definition) is 2. The van der Waals surface area contributed by atoms with Crippen LogP contribution in [0.15, 0.2) is 53.0 Å². The van der Waals surface area contributed by atoms with Crippen LogP contribution in [0, 0.1) is 11.8 Å². The maximum absolute atomic E-state index is 12.8. The number of carbonyl (C=O) groups excluding carboxylic acids is 5. The molecule has 0 unspecified atom stereocenters. The standard InChI is InChI=1S/C24H22BrN3O6/c25-16-10-8-14(9-11-16)21(30)27-26-20(29)13-34-24(33)15-4-3-5-17(12-15)28-22(31)18-6-1-2-7-19(18)23(28)32/h3-5,8-12,18-19H,1-2,6-7,13H2,(H,26,29)(H,27,30)/t18-,19-/m1/s1. The van der Waals surface area contributed by atoms with Crippen molar-refractivity contribution in [2.75, 3.05) is 11.5 Å². The number of esters is 1. The summed E-state index contributed by atoms with van der Waals surface area (Å²) in [6, 6.07) is 12.5. The number of amides is 4. The second-order valence-electron chi connectivity index (χ2n) is 8.14. The lowest BCUT2D eigenvalue weighted by Crippen LogP contribution is -2.43. The average Bonchev–Trinajstić information content (AvgIpc) is 3.11. The zero-order valence-corrected chi connectivity index (χ0v) is 19.7. The van der Waals surface area contributed by atoms with Gasteiger partial charge in [-0.1, -0.05) is 34.8 Å². The molecule has 0 aromatic heterocycles. The van der Waals surface area contributed by atoms with Crippen LogP contribution in [0.2, 0.25) is 0 Å². The summed E-state index contributed by atoms with van der Waals surface area (Å²) in [6.45, 7) is -0.630. The Kier molecular flexibility index (Phi) is 7.06. The molecule has 2 aromatic carbocycles. The van der Waals surface area contributed by atoms with Crippen LogP contribution in [0.5, 0.6) is 0 Å². The number of halogens is 1. The number of nitrogens with one attached hydrogen (secondary N) is 2. The highest BCUT2D eigenvalue weighted by Gasteiger charge is 2.48. The van der Waals surface area contributed by atoms with Crippen molar-refractivity contribution in [3.63, 3.8) is 0 Å². The summed E-state index contributed by atoms with van der Waals surface area (Å²) in [7, 11) is 0. The van der Waals surface area contributed by atoms with Crippen molar-refractivity contribution in [3.8, 4) is 0 Å². The Morgan fingerprint density at radius 3 is 2.21 bits per heavy atom. The van der Waals surface area contributed by atoms with Crippen molar-refractivity contribution in [2.24, 2.45) is 11.8 Å². The average molecular weight is 528 g/mol. The van der Waals surface area contributed by atoms with Crippen LogP contribution < -0.4 is 15.8 Å². The van der Waals surface area contributed by atoms with Crippen LogP contribution in [0.1, 0.15) is 46.4 Å². The van der Waals surface area contributed by atoms with Gasteiger partial charge in [0, 0.05) is 10.0 Å². The summed E-state index contributed by atoms with van der Waals surface area (Å²) < 4.78 is 5.82. The monoisotopic (exact) mass is 527 g/mol. The highest BCUT2D eigenvalue weighted by molar-refractivity contribution is 9.10. The summed E-state index contributed by atoms with van der Waals surface area (Å²) in [5, 5.41) is 0. The summed E-state index contributed by atoms with van der Waals surface area (Å²) in [4.78, 5) is 63.2. The van der Waals surface area contributed by atoms with Crippen LogP contribution >= 0.6 is 15.9 Å². The first-order chi connectivity index (χ1) is 16.3. The first-order valence-electron chi connectivity index (χ1n) is 10.8. The molecule has 1 heterocycles. The van der Waals surface area contributed by atoms with E-state index in [1.165, 1.54) is 12.1 Å². The van der Waals surface area contributed by atoms with E-state index in [2.05, 4.69) is 26.8 Å². The third-order valence-corrected chi connectivity index (χ3v) is 6.47. The molecule has 10 heteroatoms. The number of hydrogen-bond acceptors (Lipinski definition) is 6. The minimum atomic E-state index is -0.798. The normalized spacial score (nSPS) is 19.4. The number of anilines is 1. The maximum Gasteiger partial charge on any atom is 0.338 e. The van der Waals surface area contributed by atoms with Crippen LogP contribution in [-0.2, 0) is 19.1 Å². The van der Waals surface area contributed by atoms with Crippen LogP contribution in [0.25, 0.3) is 0 Å². The molecule has 34 heavy (non-hydrogen) atoms. The second kappa shape index (κ2) is 10.2. The molecule has 9 nitrogen and oxygen atoms in total. The number of ether oxygens (including phenoxy) is 1. The quantitative estimate of drug-likeness (QED) is 0.350. The number of fused-ring (bicyclic) bond motifs is 1. The van der Waals surface area contributed by atoms with E-state index in [0.29, 0.717) is 24.1 Å². The minimum absolute atomic E-state index is 0.0969. The molecule has 4 rings (SSSR count). The van der Waals surface area contributed by atoms with E-state index in [1.807, 2.05) is 0 Å². The Balaban J connectivity index is 1.32. The Hall–Kier alpha value is -3.53. The van der Waals surface area contributed by atoms with Crippen molar-refractivity contribution in [1.82, 2.24) is 10.9 Å². The summed E-state index contributed by atoms with van der Waals surface area (Å²) in [6.07, 6.45) is 3.24. The van der Waals surface area contributed by atoms with E-state index >= 15 is 0 Å². The molecule has 1 saturated heterocycles. The van der Waals surface area contributed by atoms with Gasteiger partial charge in [0.05, 0.1) is 23.1 Å². The van der Waals surface area contributed by atoms with Crippen LogP contribution in [0.4, 0.5) is 5.69 Å². The van der Waals surface area contributed by atoms with E-state index in [1.54, 1.807) is 36.4 Å². The number of rotatable bonds is 5. The maximum atomic E-state index is 12.8. The van der Waals surface area contributed by atoms with Crippen LogP contribution in [-0.4, -0.2) is 36.2 Å². The van der Waals surface area contributed by atoms with E-state index in [-0.39, 0.29) is 29.2 Å². The van der Waals surface area contributed by atoms with Gasteiger partial charge in [-0.25, -0.2) is 4.79 Å². The minimum Gasteiger partial charge on any atom is -0.452 e. The van der Waals surface area contributed by atoms with E-state index in [0.717, 1.165) is 22.2 Å². The van der Waals surface area contributed by atoms with Crippen molar-refractivity contribution in [2.45, 2.75) is 25.7 Å². The molecule has 2 aliphatic rings. The van der Waals surface area contributed by atoms with Gasteiger partial charge in [-0.15, -0.1) is 0 Å². The molecule has 0 radical (unpaired) electrons.